The van der Waals surface area contributed by atoms with E-state index >= 15 is 0 Å². The van der Waals surface area contributed by atoms with Gasteiger partial charge in [0.1, 0.15) is 11.6 Å². The predicted octanol–water partition coefficient (Wildman–Crippen LogP) is 3.38. The first kappa shape index (κ1) is 17.6. The van der Waals surface area contributed by atoms with E-state index in [1.807, 2.05) is 35.2 Å². The van der Waals surface area contributed by atoms with Gasteiger partial charge >= 0.3 is 0 Å². The van der Waals surface area contributed by atoms with Crippen LogP contribution in [0.3, 0.4) is 0 Å². The van der Waals surface area contributed by atoms with Crippen LogP contribution in [0.5, 0.6) is 5.75 Å². The van der Waals surface area contributed by atoms with Gasteiger partial charge in [0.15, 0.2) is 11.5 Å². The molecule has 0 amide bonds. The van der Waals surface area contributed by atoms with Crippen LogP contribution in [0, 0.1) is 12.7 Å². The molecule has 0 saturated carbocycles. The van der Waals surface area contributed by atoms with Gasteiger partial charge in [0.25, 0.3) is 0 Å². The predicted molar refractivity (Wildman–Crippen MR) is 102 cm³/mol. The van der Waals surface area contributed by atoms with Crippen molar-refractivity contribution in [2.45, 2.75) is 19.9 Å². The van der Waals surface area contributed by atoms with E-state index in [2.05, 4.69) is 15.2 Å². The highest BCUT2D eigenvalue weighted by Crippen LogP contribution is 2.31. The van der Waals surface area contributed by atoms with Crippen molar-refractivity contribution >= 4 is 17.0 Å². The van der Waals surface area contributed by atoms with Gasteiger partial charge in [-0.2, -0.15) is 0 Å². The van der Waals surface area contributed by atoms with Crippen molar-refractivity contribution in [3.8, 4) is 16.9 Å². The molecule has 0 radical (unpaired) electrons. The average molecular weight is 383 g/mol. The van der Waals surface area contributed by atoms with Crippen LogP contribution in [0.1, 0.15) is 16.4 Å². The van der Waals surface area contributed by atoms with E-state index in [0.29, 0.717) is 23.8 Å². The van der Waals surface area contributed by atoms with Crippen molar-refractivity contribution in [1.82, 2.24) is 19.6 Å². The first-order valence-electron chi connectivity index (χ1n) is 8.51. The summed E-state index contributed by atoms with van der Waals surface area (Å²) in [5, 5.41) is 8.15. The van der Waals surface area contributed by atoms with Crippen molar-refractivity contribution in [1.29, 1.82) is 0 Å². The minimum absolute atomic E-state index is 0.283. The van der Waals surface area contributed by atoms with Gasteiger partial charge in [0.05, 0.1) is 24.4 Å². The fraction of sp³-hybridized carbons (Fsp3) is 0.211. The fourth-order valence-corrected chi connectivity index (χ4v) is 3.67. The summed E-state index contributed by atoms with van der Waals surface area (Å²) in [6.07, 6.45) is 2.62. The fourth-order valence-electron chi connectivity index (χ4n) is 2.91. The van der Waals surface area contributed by atoms with E-state index < -0.39 is 0 Å². The van der Waals surface area contributed by atoms with Crippen LogP contribution in [0.15, 0.2) is 42.0 Å². The number of nitrogens with zero attached hydrogens (tertiary/aromatic N) is 4. The Morgan fingerprint density at radius 1 is 1.22 bits per heavy atom. The molecule has 0 saturated heterocycles. The summed E-state index contributed by atoms with van der Waals surface area (Å²) in [6.45, 7) is 2.71. The second-order valence-electron chi connectivity index (χ2n) is 6.07. The van der Waals surface area contributed by atoms with Gasteiger partial charge in [0.2, 0.25) is 0 Å². The molecule has 6 nitrogen and oxygen atoms in total. The third-order valence-electron chi connectivity index (χ3n) is 4.34. The summed E-state index contributed by atoms with van der Waals surface area (Å²) >= 11 is 1.60. The molecule has 4 aromatic rings. The molecular weight excluding hydrogens is 365 g/mol. The maximum atomic E-state index is 13.8. The van der Waals surface area contributed by atoms with Crippen molar-refractivity contribution in [3.63, 3.8) is 0 Å². The summed E-state index contributed by atoms with van der Waals surface area (Å²) in [6, 6.07) is 8.33. The van der Waals surface area contributed by atoms with Crippen LogP contribution in [-0.2, 0) is 13.0 Å². The largest absolute Gasteiger partial charge is 0.492 e. The smallest absolute Gasteiger partial charge is 0.160 e. The molecule has 0 aliphatic carbocycles. The van der Waals surface area contributed by atoms with Crippen LogP contribution >= 0.6 is 11.3 Å². The molecule has 8 heteroatoms. The number of benzene rings is 1. The minimum Gasteiger partial charge on any atom is -0.492 e. The Labute approximate surface area is 159 Å². The lowest BCUT2D eigenvalue weighted by atomic mass is 10.1. The molecule has 0 unspecified atom stereocenters. The second-order valence-corrected chi connectivity index (χ2v) is 7.01. The highest BCUT2D eigenvalue weighted by molar-refractivity contribution is 7.09. The zero-order chi connectivity index (χ0) is 18.8. The highest BCUT2D eigenvalue weighted by Gasteiger charge is 2.12. The number of hydrogen-bond donors (Lipinski definition) is 1. The van der Waals surface area contributed by atoms with Gasteiger partial charge in [-0.05, 0) is 31.2 Å². The first-order valence-corrected chi connectivity index (χ1v) is 9.39. The molecule has 4 rings (SSSR count). The van der Waals surface area contributed by atoms with Crippen molar-refractivity contribution in [2.24, 2.45) is 5.73 Å². The molecule has 3 heterocycles. The number of rotatable bonds is 6. The van der Waals surface area contributed by atoms with E-state index in [4.69, 9.17) is 10.5 Å². The number of pyridine rings is 1. The number of fused-ring (bicyclic) bond motifs is 1. The van der Waals surface area contributed by atoms with E-state index in [1.165, 1.54) is 17.0 Å². The maximum Gasteiger partial charge on any atom is 0.160 e. The molecule has 0 fully saturated rings. The van der Waals surface area contributed by atoms with Gasteiger partial charge in [-0.3, -0.25) is 4.40 Å². The van der Waals surface area contributed by atoms with Crippen molar-refractivity contribution in [3.05, 3.63) is 64.3 Å². The molecule has 0 spiro atoms. The summed E-state index contributed by atoms with van der Waals surface area (Å²) in [7, 11) is 0. The Balaban J connectivity index is 1.63. The van der Waals surface area contributed by atoms with E-state index in [1.54, 1.807) is 17.4 Å². The summed E-state index contributed by atoms with van der Waals surface area (Å²) in [5.74, 6) is 0.826. The van der Waals surface area contributed by atoms with Crippen LogP contribution in [-0.4, -0.2) is 26.2 Å². The van der Waals surface area contributed by atoms with Gasteiger partial charge in [-0.25, -0.2) is 9.37 Å². The zero-order valence-corrected chi connectivity index (χ0v) is 15.5. The van der Waals surface area contributed by atoms with Crippen LogP contribution in [0.25, 0.3) is 16.8 Å². The number of nitrogens with two attached hydrogens (primary N) is 1. The second kappa shape index (κ2) is 7.42. The number of aromatic nitrogens is 4. The Morgan fingerprint density at radius 3 is 2.89 bits per heavy atom. The molecule has 138 valence electrons. The topological polar surface area (TPSA) is 78.3 Å². The number of halogens is 1. The van der Waals surface area contributed by atoms with E-state index in [9.17, 15) is 4.39 Å². The molecule has 0 aliphatic rings. The van der Waals surface area contributed by atoms with Gasteiger partial charge < -0.3 is 10.5 Å². The quantitative estimate of drug-likeness (QED) is 0.552. The van der Waals surface area contributed by atoms with Gasteiger partial charge in [0, 0.05) is 34.7 Å². The zero-order valence-electron chi connectivity index (χ0n) is 14.7. The van der Waals surface area contributed by atoms with Gasteiger partial charge in [-0.1, -0.05) is 0 Å². The van der Waals surface area contributed by atoms with Crippen LogP contribution in [0.2, 0.25) is 0 Å². The molecule has 2 N–H and O–H groups in total. The van der Waals surface area contributed by atoms with Crippen LogP contribution in [0.4, 0.5) is 4.39 Å². The Morgan fingerprint density at radius 2 is 2.11 bits per heavy atom. The molecular formula is C19H18FN5OS. The average Bonchev–Trinajstić information content (AvgIpc) is 3.27. The number of ether oxygens (including phenoxy) is 1. The lowest BCUT2D eigenvalue weighted by molar-refractivity contribution is 0.322. The van der Waals surface area contributed by atoms with Crippen molar-refractivity contribution in [2.75, 3.05) is 6.61 Å². The highest BCUT2D eigenvalue weighted by atomic mass is 32.1. The molecule has 0 aliphatic heterocycles. The standard InChI is InChI=1S/C19H18FN5OS/c1-12-17(27-11-22-12)6-7-26-16-8-14(20)3-4-15(16)13-2-5-18-23-24-19(9-21)25(18)10-13/h2-5,8,10-11H,6-7,9,21H2,1H3. The number of thiazole rings is 1. The minimum atomic E-state index is -0.337. The van der Waals surface area contributed by atoms with Gasteiger partial charge in [-0.15, -0.1) is 21.5 Å². The Bertz CT molecular complexity index is 1090. The summed E-state index contributed by atoms with van der Waals surface area (Å²) in [5.41, 5.74) is 10.9. The molecule has 0 atom stereocenters. The molecule has 3 aromatic heterocycles. The number of aryl methyl sites for hydroxylation is 1. The monoisotopic (exact) mass is 383 g/mol. The van der Waals surface area contributed by atoms with E-state index in [-0.39, 0.29) is 12.4 Å². The van der Waals surface area contributed by atoms with Crippen LogP contribution < -0.4 is 10.5 Å². The third kappa shape index (κ3) is 3.54. The Hall–Kier alpha value is -2.84. The third-order valence-corrected chi connectivity index (χ3v) is 5.34. The Kier molecular flexibility index (Phi) is 4.83. The van der Waals surface area contributed by atoms with E-state index in [0.717, 1.165) is 23.2 Å². The lowest BCUT2D eigenvalue weighted by Gasteiger charge is -2.12. The molecule has 0 bridgehead atoms. The normalized spacial score (nSPS) is 11.2. The maximum absolute atomic E-state index is 13.8. The first-order chi connectivity index (χ1) is 13.2. The molecule has 1 aromatic carbocycles. The SMILES string of the molecule is Cc1ncsc1CCOc1cc(F)ccc1-c1ccc2nnc(CN)n2c1. The molecule has 27 heavy (non-hydrogen) atoms. The number of hydrogen-bond acceptors (Lipinski definition) is 6. The summed E-state index contributed by atoms with van der Waals surface area (Å²) < 4.78 is 21.6. The van der Waals surface area contributed by atoms with Crippen molar-refractivity contribution < 1.29 is 9.13 Å². The lowest BCUT2D eigenvalue weighted by Crippen LogP contribution is -2.04. The summed E-state index contributed by atoms with van der Waals surface area (Å²) in [4.78, 5) is 5.41.